The van der Waals surface area contributed by atoms with Crippen molar-refractivity contribution >= 4 is 29.2 Å². The Balaban J connectivity index is 1.94. The summed E-state index contributed by atoms with van der Waals surface area (Å²) in [7, 11) is 1.47. The Bertz CT molecular complexity index is 690. The molecule has 0 amide bonds. The van der Waals surface area contributed by atoms with Crippen molar-refractivity contribution in [3.05, 3.63) is 53.8 Å². The molecule has 2 aromatic carbocycles. The number of anilines is 1. The number of para-hydroxylation sites is 1. The lowest BCUT2D eigenvalue weighted by molar-refractivity contribution is 0.373. The van der Waals surface area contributed by atoms with Crippen LogP contribution < -0.4 is 15.5 Å². The lowest BCUT2D eigenvalue weighted by Crippen LogP contribution is -2.23. The third kappa shape index (κ3) is 4.16. The first-order valence-corrected chi connectivity index (χ1v) is 6.72. The number of methoxy groups -OCH3 is 1. The molecule has 2 rings (SSSR count). The molecular formula is C15H14FN3O2S. The maximum absolute atomic E-state index is 12.8. The Kier molecular flexibility index (Phi) is 5.26. The molecule has 0 aliphatic heterocycles. The van der Waals surface area contributed by atoms with Gasteiger partial charge in [0, 0.05) is 11.3 Å². The van der Waals surface area contributed by atoms with Gasteiger partial charge in [-0.2, -0.15) is 5.10 Å². The number of ether oxygens (including phenoxy) is 1. The van der Waals surface area contributed by atoms with E-state index < -0.39 is 0 Å². The van der Waals surface area contributed by atoms with Crippen molar-refractivity contribution in [2.45, 2.75) is 0 Å². The van der Waals surface area contributed by atoms with Crippen LogP contribution >= 0.6 is 12.2 Å². The Labute approximate surface area is 132 Å². The molecule has 0 aliphatic rings. The molecule has 0 saturated heterocycles. The Morgan fingerprint density at radius 3 is 2.68 bits per heavy atom. The van der Waals surface area contributed by atoms with E-state index >= 15 is 0 Å². The lowest BCUT2D eigenvalue weighted by atomic mass is 10.2. The molecule has 5 nitrogen and oxygen atoms in total. The van der Waals surface area contributed by atoms with Crippen molar-refractivity contribution in [2.24, 2.45) is 5.10 Å². The number of hydrogen-bond donors (Lipinski definition) is 3. The number of aromatic hydroxyl groups is 1. The minimum absolute atomic E-state index is 0.00652. The molecule has 0 saturated carbocycles. The van der Waals surface area contributed by atoms with Gasteiger partial charge in [0.05, 0.1) is 13.3 Å². The molecule has 0 spiro atoms. The first-order valence-electron chi connectivity index (χ1n) is 6.31. The van der Waals surface area contributed by atoms with Crippen molar-refractivity contribution in [1.29, 1.82) is 0 Å². The quantitative estimate of drug-likeness (QED) is 0.459. The highest BCUT2D eigenvalue weighted by molar-refractivity contribution is 7.80. The zero-order valence-electron chi connectivity index (χ0n) is 11.7. The number of hydrazone groups is 1. The lowest BCUT2D eigenvalue weighted by Gasteiger charge is -2.07. The van der Waals surface area contributed by atoms with E-state index in [-0.39, 0.29) is 16.7 Å². The summed E-state index contributed by atoms with van der Waals surface area (Å²) in [6.45, 7) is 0. The van der Waals surface area contributed by atoms with E-state index in [1.165, 1.54) is 25.5 Å². The molecule has 114 valence electrons. The molecule has 0 atom stereocenters. The van der Waals surface area contributed by atoms with Gasteiger partial charge in [-0.3, -0.25) is 5.43 Å². The monoisotopic (exact) mass is 319 g/mol. The summed E-state index contributed by atoms with van der Waals surface area (Å²) in [6, 6.07) is 10.8. The second-order valence-electron chi connectivity index (χ2n) is 4.23. The SMILES string of the molecule is COc1cccc(/C=N/NC(=S)Nc2ccc(F)cc2)c1O. The highest BCUT2D eigenvalue weighted by Gasteiger charge is 2.04. The van der Waals surface area contributed by atoms with Gasteiger partial charge < -0.3 is 15.2 Å². The molecule has 0 aromatic heterocycles. The maximum atomic E-state index is 12.8. The average molecular weight is 319 g/mol. The van der Waals surface area contributed by atoms with Gasteiger partial charge in [0.2, 0.25) is 0 Å². The highest BCUT2D eigenvalue weighted by atomic mass is 32.1. The van der Waals surface area contributed by atoms with Crippen LogP contribution in [-0.4, -0.2) is 23.5 Å². The number of thiocarbonyl (C=S) groups is 1. The van der Waals surface area contributed by atoms with Gasteiger partial charge in [0.15, 0.2) is 16.6 Å². The van der Waals surface area contributed by atoms with E-state index in [1.807, 2.05) is 0 Å². The standard InChI is InChI=1S/C15H14FN3O2S/c1-21-13-4-2-3-10(14(13)20)9-17-19-15(22)18-12-7-5-11(16)6-8-12/h2-9,20H,1H3,(H2,18,19,22)/b17-9+. The Morgan fingerprint density at radius 1 is 1.27 bits per heavy atom. The molecule has 2 aromatic rings. The molecule has 0 radical (unpaired) electrons. The van der Waals surface area contributed by atoms with Crippen molar-refractivity contribution in [3.8, 4) is 11.5 Å². The predicted molar refractivity (Wildman–Crippen MR) is 88.0 cm³/mol. The number of phenolic OH excluding ortho intramolecular Hbond substituents is 1. The molecule has 22 heavy (non-hydrogen) atoms. The van der Waals surface area contributed by atoms with Gasteiger partial charge in [0.1, 0.15) is 5.82 Å². The molecule has 7 heteroatoms. The van der Waals surface area contributed by atoms with E-state index in [4.69, 9.17) is 17.0 Å². The fraction of sp³-hybridized carbons (Fsp3) is 0.0667. The number of phenols is 1. The number of halogens is 1. The topological polar surface area (TPSA) is 65.9 Å². The van der Waals surface area contributed by atoms with E-state index in [0.717, 1.165) is 0 Å². The highest BCUT2D eigenvalue weighted by Crippen LogP contribution is 2.27. The number of benzene rings is 2. The first-order chi connectivity index (χ1) is 10.6. The van der Waals surface area contributed by atoms with Crippen LogP contribution in [0.25, 0.3) is 0 Å². The summed E-state index contributed by atoms with van der Waals surface area (Å²) >= 11 is 5.05. The Morgan fingerprint density at radius 2 is 2.00 bits per heavy atom. The molecule has 0 heterocycles. The summed E-state index contributed by atoms with van der Waals surface area (Å²) in [6.07, 6.45) is 1.41. The maximum Gasteiger partial charge on any atom is 0.191 e. The average Bonchev–Trinajstić information content (AvgIpc) is 2.51. The smallest absolute Gasteiger partial charge is 0.191 e. The van der Waals surface area contributed by atoms with Crippen LogP contribution in [0.2, 0.25) is 0 Å². The summed E-state index contributed by atoms with van der Waals surface area (Å²) < 4.78 is 17.8. The van der Waals surface area contributed by atoms with Crippen molar-refractivity contribution in [1.82, 2.24) is 5.43 Å². The van der Waals surface area contributed by atoms with Gasteiger partial charge in [0.25, 0.3) is 0 Å². The van der Waals surface area contributed by atoms with Crippen LogP contribution in [0.1, 0.15) is 5.56 Å². The van der Waals surface area contributed by atoms with Crippen LogP contribution in [0.4, 0.5) is 10.1 Å². The minimum atomic E-state index is -0.323. The third-order valence-corrected chi connectivity index (χ3v) is 2.92. The fourth-order valence-corrected chi connectivity index (χ4v) is 1.83. The summed E-state index contributed by atoms with van der Waals surface area (Å²) in [4.78, 5) is 0. The molecular weight excluding hydrogens is 305 g/mol. The normalized spacial score (nSPS) is 10.5. The zero-order chi connectivity index (χ0) is 15.9. The first kappa shape index (κ1) is 15.7. The Hall–Kier alpha value is -2.67. The van der Waals surface area contributed by atoms with E-state index in [0.29, 0.717) is 17.0 Å². The van der Waals surface area contributed by atoms with Crippen LogP contribution in [0.5, 0.6) is 11.5 Å². The van der Waals surface area contributed by atoms with E-state index in [1.54, 1.807) is 30.3 Å². The third-order valence-electron chi connectivity index (χ3n) is 2.72. The van der Waals surface area contributed by atoms with Crippen molar-refractivity contribution in [2.75, 3.05) is 12.4 Å². The van der Waals surface area contributed by atoms with Crippen molar-refractivity contribution < 1.29 is 14.2 Å². The van der Waals surface area contributed by atoms with Gasteiger partial charge in [-0.05, 0) is 48.6 Å². The minimum Gasteiger partial charge on any atom is -0.504 e. The number of nitrogens with one attached hydrogen (secondary N) is 2. The van der Waals surface area contributed by atoms with Crippen LogP contribution in [-0.2, 0) is 0 Å². The number of hydrogen-bond acceptors (Lipinski definition) is 4. The molecule has 3 N–H and O–H groups in total. The molecule has 0 bridgehead atoms. The second kappa shape index (κ2) is 7.37. The summed E-state index contributed by atoms with van der Waals surface area (Å²) in [5, 5.41) is 16.9. The summed E-state index contributed by atoms with van der Waals surface area (Å²) in [5.74, 6) is 0.0277. The van der Waals surface area contributed by atoms with E-state index in [2.05, 4.69) is 15.8 Å². The molecule has 0 aliphatic carbocycles. The largest absolute Gasteiger partial charge is 0.504 e. The summed E-state index contributed by atoms with van der Waals surface area (Å²) in [5.41, 5.74) is 3.72. The van der Waals surface area contributed by atoms with Gasteiger partial charge in [-0.1, -0.05) is 6.07 Å². The zero-order valence-corrected chi connectivity index (χ0v) is 12.5. The molecule has 0 unspecified atom stereocenters. The fourth-order valence-electron chi connectivity index (χ4n) is 1.66. The second-order valence-corrected chi connectivity index (χ2v) is 4.64. The predicted octanol–water partition coefficient (Wildman–Crippen LogP) is 2.86. The van der Waals surface area contributed by atoms with Crippen LogP contribution in [0, 0.1) is 5.82 Å². The van der Waals surface area contributed by atoms with Crippen LogP contribution in [0.15, 0.2) is 47.6 Å². The van der Waals surface area contributed by atoms with Gasteiger partial charge >= 0.3 is 0 Å². The van der Waals surface area contributed by atoms with Gasteiger partial charge in [-0.15, -0.1) is 0 Å². The number of rotatable bonds is 4. The van der Waals surface area contributed by atoms with Gasteiger partial charge in [-0.25, -0.2) is 4.39 Å². The van der Waals surface area contributed by atoms with E-state index in [9.17, 15) is 9.50 Å². The van der Waals surface area contributed by atoms with Crippen LogP contribution in [0.3, 0.4) is 0 Å². The van der Waals surface area contributed by atoms with Crippen molar-refractivity contribution in [3.63, 3.8) is 0 Å². The number of nitrogens with zero attached hydrogens (tertiary/aromatic N) is 1. The molecule has 0 fully saturated rings.